The monoisotopic (exact) mass is 347 g/mol. The van der Waals surface area contributed by atoms with Gasteiger partial charge in [0.2, 0.25) is 5.91 Å². The number of halogens is 2. The minimum Gasteiger partial charge on any atom is -0.480 e. The van der Waals surface area contributed by atoms with Gasteiger partial charge in [0.15, 0.2) is 0 Å². The van der Waals surface area contributed by atoms with Gasteiger partial charge in [0, 0.05) is 5.69 Å². The molecule has 3 amide bonds. The summed E-state index contributed by atoms with van der Waals surface area (Å²) in [6, 6.07) is 1.44. The zero-order chi connectivity index (χ0) is 15.3. The molecule has 0 aromatic heterocycles. The molecule has 9 heteroatoms. The van der Waals surface area contributed by atoms with Crippen molar-refractivity contribution in [2.24, 2.45) is 5.73 Å². The van der Waals surface area contributed by atoms with Crippen molar-refractivity contribution >= 4 is 39.5 Å². The summed E-state index contributed by atoms with van der Waals surface area (Å²) in [5.74, 6) is -2.76. The number of hydrogen-bond acceptors (Lipinski definition) is 3. The topological polar surface area (TPSA) is 122 Å². The van der Waals surface area contributed by atoms with Crippen LogP contribution in [0.2, 0.25) is 0 Å². The average Bonchev–Trinajstić information content (AvgIpc) is 2.32. The Bertz CT molecular complexity index is 552. The molecule has 108 valence electrons. The number of aliphatic carboxylic acids is 1. The largest absolute Gasteiger partial charge is 0.480 e. The number of carboxylic acid groups (broad SMARTS) is 1. The molecule has 0 aliphatic heterocycles. The molecule has 0 radical (unpaired) electrons. The first-order valence-electron chi connectivity index (χ1n) is 5.33. The normalized spacial score (nSPS) is 11.5. The lowest BCUT2D eigenvalue weighted by molar-refractivity contribution is -0.140. The molecule has 0 aliphatic rings. The minimum atomic E-state index is -1.43. The van der Waals surface area contributed by atoms with Gasteiger partial charge in [-0.2, -0.15) is 0 Å². The van der Waals surface area contributed by atoms with E-state index >= 15 is 0 Å². The fourth-order valence-corrected chi connectivity index (χ4v) is 1.68. The van der Waals surface area contributed by atoms with Crippen molar-refractivity contribution in [1.29, 1.82) is 0 Å². The van der Waals surface area contributed by atoms with Crippen LogP contribution in [0.3, 0.4) is 0 Å². The summed E-state index contributed by atoms with van der Waals surface area (Å²) >= 11 is 2.94. The Balaban J connectivity index is 2.67. The standard InChI is InChI=1S/C11H11BrFN3O4/c12-6-3-5(1-2-7(6)13)15-11(20)16-8(10(18)19)4-9(14)17/h1-3,8H,4H2,(H2,14,17)(H,18,19)(H2,15,16,20)/t8-/m0/s1. The second-order valence-corrected chi connectivity index (χ2v) is 4.64. The van der Waals surface area contributed by atoms with E-state index in [9.17, 15) is 18.8 Å². The second-order valence-electron chi connectivity index (χ2n) is 3.79. The summed E-state index contributed by atoms with van der Waals surface area (Å²) in [5.41, 5.74) is 5.12. The maximum absolute atomic E-state index is 13.0. The minimum absolute atomic E-state index is 0.141. The quantitative estimate of drug-likeness (QED) is 0.635. The number of nitrogens with one attached hydrogen (secondary N) is 2. The zero-order valence-electron chi connectivity index (χ0n) is 10.0. The van der Waals surface area contributed by atoms with E-state index in [4.69, 9.17) is 10.8 Å². The molecule has 1 aromatic carbocycles. The van der Waals surface area contributed by atoms with Crippen molar-refractivity contribution in [2.75, 3.05) is 5.32 Å². The Kier molecular flexibility index (Phi) is 5.44. The highest BCUT2D eigenvalue weighted by atomic mass is 79.9. The predicted molar refractivity (Wildman–Crippen MR) is 71.5 cm³/mol. The van der Waals surface area contributed by atoms with Gasteiger partial charge in [0.05, 0.1) is 10.9 Å². The lowest BCUT2D eigenvalue weighted by Crippen LogP contribution is -2.45. The van der Waals surface area contributed by atoms with Gasteiger partial charge in [-0.15, -0.1) is 0 Å². The van der Waals surface area contributed by atoms with Crippen molar-refractivity contribution < 1.29 is 23.9 Å². The number of benzene rings is 1. The summed E-state index contributed by atoms with van der Waals surface area (Å²) in [5, 5.41) is 13.2. The molecule has 0 bridgehead atoms. The summed E-state index contributed by atoms with van der Waals surface area (Å²) < 4.78 is 13.1. The van der Waals surface area contributed by atoms with E-state index in [0.29, 0.717) is 0 Å². The van der Waals surface area contributed by atoms with Crippen LogP contribution in [0.25, 0.3) is 0 Å². The fraction of sp³-hybridized carbons (Fsp3) is 0.182. The molecule has 0 heterocycles. The highest BCUT2D eigenvalue weighted by molar-refractivity contribution is 9.10. The molecular weight excluding hydrogens is 337 g/mol. The lowest BCUT2D eigenvalue weighted by atomic mass is 10.2. The predicted octanol–water partition coefficient (Wildman–Crippen LogP) is 1.04. The molecule has 0 saturated heterocycles. The van der Waals surface area contributed by atoms with E-state index in [1.807, 2.05) is 0 Å². The van der Waals surface area contributed by atoms with Crippen LogP contribution < -0.4 is 16.4 Å². The van der Waals surface area contributed by atoms with Crippen LogP contribution in [-0.2, 0) is 9.59 Å². The van der Waals surface area contributed by atoms with Crippen molar-refractivity contribution in [3.05, 3.63) is 28.5 Å². The second kappa shape index (κ2) is 6.85. The first-order valence-corrected chi connectivity index (χ1v) is 6.12. The number of nitrogens with two attached hydrogens (primary N) is 1. The maximum Gasteiger partial charge on any atom is 0.326 e. The molecule has 1 aromatic rings. The molecule has 1 rings (SSSR count). The Morgan fingerprint density at radius 2 is 2.05 bits per heavy atom. The van der Waals surface area contributed by atoms with Gasteiger partial charge < -0.3 is 21.5 Å². The van der Waals surface area contributed by atoms with Gasteiger partial charge in [0.1, 0.15) is 11.9 Å². The number of hydrogen-bond donors (Lipinski definition) is 4. The van der Waals surface area contributed by atoms with Crippen molar-refractivity contribution in [1.82, 2.24) is 5.32 Å². The number of anilines is 1. The number of urea groups is 1. The van der Waals surface area contributed by atoms with Crippen molar-refractivity contribution in [2.45, 2.75) is 12.5 Å². The molecule has 0 saturated carbocycles. The highest BCUT2D eigenvalue weighted by Gasteiger charge is 2.22. The van der Waals surface area contributed by atoms with Gasteiger partial charge in [-0.05, 0) is 34.1 Å². The third-order valence-corrected chi connectivity index (χ3v) is 2.79. The molecule has 5 N–H and O–H groups in total. The fourth-order valence-electron chi connectivity index (χ4n) is 1.30. The Hall–Kier alpha value is -2.16. The van der Waals surface area contributed by atoms with E-state index < -0.39 is 36.2 Å². The van der Waals surface area contributed by atoms with Crippen LogP contribution in [-0.4, -0.2) is 29.1 Å². The van der Waals surface area contributed by atoms with Crippen LogP contribution in [0.15, 0.2) is 22.7 Å². The van der Waals surface area contributed by atoms with Gasteiger partial charge in [-0.25, -0.2) is 14.0 Å². The molecule has 0 aliphatic carbocycles. The van der Waals surface area contributed by atoms with Gasteiger partial charge in [-0.3, -0.25) is 4.79 Å². The SMILES string of the molecule is NC(=O)C[C@H](NC(=O)Nc1ccc(F)c(Br)c1)C(=O)O. The van der Waals surface area contributed by atoms with Crippen LogP contribution in [0.1, 0.15) is 6.42 Å². The van der Waals surface area contributed by atoms with Gasteiger partial charge in [-0.1, -0.05) is 0 Å². The lowest BCUT2D eigenvalue weighted by Gasteiger charge is -2.13. The number of amides is 3. The average molecular weight is 348 g/mol. The summed E-state index contributed by atoms with van der Waals surface area (Å²) in [6.45, 7) is 0. The van der Waals surface area contributed by atoms with Gasteiger partial charge in [0.25, 0.3) is 0 Å². The van der Waals surface area contributed by atoms with Crippen LogP contribution in [0.5, 0.6) is 0 Å². The number of carboxylic acids is 1. The van der Waals surface area contributed by atoms with E-state index in [1.54, 1.807) is 0 Å². The molecule has 0 unspecified atom stereocenters. The third-order valence-electron chi connectivity index (χ3n) is 2.19. The number of carbonyl (C=O) groups is 3. The zero-order valence-corrected chi connectivity index (χ0v) is 11.6. The van der Waals surface area contributed by atoms with E-state index in [1.165, 1.54) is 12.1 Å². The first-order chi connectivity index (χ1) is 9.29. The summed E-state index contributed by atoms with van der Waals surface area (Å²) in [4.78, 5) is 33.0. The van der Waals surface area contributed by atoms with E-state index in [2.05, 4.69) is 26.6 Å². The third kappa shape index (κ3) is 4.84. The van der Waals surface area contributed by atoms with Crippen LogP contribution >= 0.6 is 15.9 Å². The first kappa shape index (κ1) is 15.9. The smallest absolute Gasteiger partial charge is 0.326 e. The Labute approximate surface area is 121 Å². The molecule has 7 nitrogen and oxygen atoms in total. The number of carbonyl (C=O) groups excluding carboxylic acids is 2. The summed E-state index contributed by atoms with van der Waals surface area (Å²) in [6.07, 6.45) is -0.532. The Morgan fingerprint density at radius 3 is 2.55 bits per heavy atom. The molecular formula is C11H11BrFN3O4. The molecule has 0 fully saturated rings. The van der Waals surface area contributed by atoms with Crippen LogP contribution in [0, 0.1) is 5.82 Å². The Morgan fingerprint density at radius 1 is 1.40 bits per heavy atom. The molecule has 20 heavy (non-hydrogen) atoms. The maximum atomic E-state index is 13.0. The van der Waals surface area contributed by atoms with E-state index in [-0.39, 0.29) is 10.2 Å². The van der Waals surface area contributed by atoms with Gasteiger partial charge >= 0.3 is 12.0 Å². The summed E-state index contributed by atoms with van der Waals surface area (Å²) in [7, 11) is 0. The molecule has 0 spiro atoms. The highest BCUT2D eigenvalue weighted by Crippen LogP contribution is 2.19. The van der Waals surface area contributed by atoms with Crippen molar-refractivity contribution in [3.63, 3.8) is 0 Å². The molecule has 1 atom stereocenters. The number of rotatable bonds is 5. The number of primary amides is 1. The van der Waals surface area contributed by atoms with Crippen LogP contribution in [0.4, 0.5) is 14.9 Å². The van der Waals surface area contributed by atoms with E-state index in [0.717, 1.165) is 6.07 Å². The van der Waals surface area contributed by atoms with Crippen molar-refractivity contribution in [3.8, 4) is 0 Å².